The first-order valence-corrected chi connectivity index (χ1v) is 6.05. The number of hydrogen-bond acceptors (Lipinski definition) is 2. The molecule has 0 aliphatic heterocycles. The Bertz CT molecular complexity index is 407. The third kappa shape index (κ3) is 2.69. The fourth-order valence-corrected chi connectivity index (χ4v) is 2.07. The van der Waals surface area contributed by atoms with E-state index in [9.17, 15) is 0 Å². The molecule has 0 amide bonds. The molecule has 0 aliphatic carbocycles. The molecule has 2 heterocycles. The predicted molar refractivity (Wildman–Crippen MR) is 67.3 cm³/mol. The van der Waals surface area contributed by atoms with E-state index in [1.54, 1.807) is 11.3 Å². The van der Waals surface area contributed by atoms with E-state index in [0.717, 1.165) is 11.5 Å². The van der Waals surface area contributed by atoms with Gasteiger partial charge in [-0.05, 0) is 26.0 Å². The zero-order valence-corrected chi connectivity index (χ0v) is 10.9. The van der Waals surface area contributed by atoms with Crippen molar-refractivity contribution >= 4 is 11.3 Å². The van der Waals surface area contributed by atoms with Gasteiger partial charge in [-0.3, -0.25) is 0 Å². The van der Waals surface area contributed by atoms with Crippen LogP contribution in [0, 0.1) is 13.8 Å². The highest BCUT2D eigenvalue weighted by molar-refractivity contribution is 7.15. The summed E-state index contributed by atoms with van der Waals surface area (Å²) in [6.45, 7) is 8.13. The summed E-state index contributed by atoms with van der Waals surface area (Å²) >= 11 is 1.79. The van der Waals surface area contributed by atoms with Gasteiger partial charge in [-0.25, -0.2) is 4.98 Å². The summed E-state index contributed by atoms with van der Waals surface area (Å²) in [7, 11) is 2.02. The van der Waals surface area contributed by atoms with E-state index in [2.05, 4.69) is 30.2 Å². The summed E-state index contributed by atoms with van der Waals surface area (Å²) in [4.78, 5) is 7.05. The number of aryl methyl sites for hydroxylation is 3. The standard InChI is InChI=1S/C10H12N2S.C2H6/c1-7-4-5-10(13-7)9-6-12(3)8(2)11-9;1-2/h4-6H,1-3H3;1-2H3. The Kier molecular flexibility index (Phi) is 4.09. The topological polar surface area (TPSA) is 17.8 Å². The van der Waals surface area contributed by atoms with Crippen LogP contribution in [0.4, 0.5) is 0 Å². The first-order chi connectivity index (χ1) is 7.16. The van der Waals surface area contributed by atoms with E-state index < -0.39 is 0 Å². The first-order valence-electron chi connectivity index (χ1n) is 5.23. The highest BCUT2D eigenvalue weighted by Crippen LogP contribution is 2.26. The van der Waals surface area contributed by atoms with Gasteiger partial charge in [-0.15, -0.1) is 11.3 Å². The van der Waals surface area contributed by atoms with Gasteiger partial charge in [0.25, 0.3) is 0 Å². The van der Waals surface area contributed by atoms with Gasteiger partial charge in [-0.2, -0.15) is 0 Å². The average Bonchev–Trinajstić information content (AvgIpc) is 2.78. The van der Waals surface area contributed by atoms with E-state index in [1.807, 2.05) is 32.4 Å². The van der Waals surface area contributed by atoms with Crippen LogP contribution in [0.1, 0.15) is 24.5 Å². The summed E-state index contributed by atoms with van der Waals surface area (Å²) in [5.41, 5.74) is 1.08. The zero-order valence-electron chi connectivity index (χ0n) is 10.0. The summed E-state index contributed by atoms with van der Waals surface area (Å²) in [6, 6.07) is 4.26. The van der Waals surface area contributed by atoms with Crippen LogP contribution in [0.5, 0.6) is 0 Å². The van der Waals surface area contributed by atoms with E-state index in [1.165, 1.54) is 9.75 Å². The van der Waals surface area contributed by atoms with Crippen LogP contribution in [-0.4, -0.2) is 9.55 Å². The van der Waals surface area contributed by atoms with E-state index in [-0.39, 0.29) is 0 Å². The SMILES string of the molecule is CC.Cc1ccc(-c2cn(C)c(C)n2)s1. The molecule has 0 unspecified atom stereocenters. The first kappa shape index (κ1) is 12.0. The van der Waals surface area contributed by atoms with Crippen molar-refractivity contribution in [3.63, 3.8) is 0 Å². The minimum Gasteiger partial charge on any atom is -0.338 e. The quantitative estimate of drug-likeness (QED) is 0.717. The summed E-state index contributed by atoms with van der Waals surface area (Å²) in [5, 5.41) is 0. The highest BCUT2D eigenvalue weighted by Gasteiger charge is 2.05. The van der Waals surface area contributed by atoms with Gasteiger partial charge in [0.05, 0.1) is 10.6 Å². The van der Waals surface area contributed by atoms with Crippen molar-refractivity contribution < 1.29 is 0 Å². The molecule has 0 saturated carbocycles. The second-order valence-electron chi connectivity index (χ2n) is 3.19. The summed E-state index contributed by atoms with van der Waals surface area (Å²) < 4.78 is 2.05. The van der Waals surface area contributed by atoms with Gasteiger partial charge in [0.2, 0.25) is 0 Å². The molecular weight excluding hydrogens is 204 g/mol. The fraction of sp³-hybridized carbons (Fsp3) is 0.417. The third-order valence-electron chi connectivity index (χ3n) is 2.10. The molecule has 3 heteroatoms. The Morgan fingerprint density at radius 1 is 1.20 bits per heavy atom. The molecule has 82 valence electrons. The van der Waals surface area contributed by atoms with Crippen molar-refractivity contribution in [3.8, 4) is 10.6 Å². The van der Waals surface area contributed by atoms with Crippen LogP contribution >= 0.6 is 11.3 Å². The molecule has 2 rings (SSSR count). The Hall–Kier alpha value is -1.09. The van der Waals surface area contributed by atoms with Crippen molar-refractivity contribution in [1.82, 2.24) is 9.55 Å². The lowest BCUT2D eigenvalue weighted by molar-refractivity contribution is 0.858. The molecule has 15 heavy (non-hydrogen) atoms. The summed E-state index contributed by atoms with van der Waals surface area (Å²) in [5.74, 6) is 1.06. The summed E-state index contributed by atoms with van der Waals surface area (Å²) in [6.07, 6.45) is 2.07. The maximum absolute atomic E-state index is 4.47. The Labute approximate surface area is 95.6 Å². The predicted octanol–water partition coefficient (Wildman–Crippen LogP) is 3.79. The molecule has 0 N–H and O–H groups in total. The van der Waals surface area contributed by atoms with Crippen LogP contribution < -0.4 is 0 Å². The molecule has 0 radical (unpaired) electrons. The monoisotopic (exact) mass is 222 g/mol. The maximum atomic E-state index is 4.47. The number of rotatable bonds is 1. The molecule has 2 aromatic rings. The smallest absolute Gasteiger partial charge is 0.106 e. The molecule has 0 aromatic carbocycles. The fourth-order valence-electron chi connectivity index (χ4n) is 1.25. The number of imidazole rings is 1. The molecule has 0 spiro atoms. The van der Waals surface area contributed by atoms with Crippen LogP contribution in [-0.2, 0) is 7.05 Å². The van der Waals surface area contributed by atoms with Gasteiger partial charge >= 0.3 is 0 Å². The van der Waals surface area contributed by atoms with Crippen LogP contribution in [0.25, 0.3) is 10.6 Å². The number of nitrogens with zero attached hydrogens (tertiary/aromatic N) is 2. The number of hydrogen-bond donors (Lipinski definition) is 0. The Morgan fingerprint density at radius 3 is 2.27 bits per heavy atom. The van der Waals surface area contributed by atoms with E-state index >= 15 is 0 Å². The molecule has 2 aromatic heterocycles. The molecular formula is C12H18N2S. The van der Waals surface area contributed by atoms with Crippen molar-refractivity contribution in [1.29, 1.82) is 0 Å². The van der Waals surface area contributed by atoms with E-state index in [4.69, 9.17) is 0 Å². The maximum Gasteiger partial charge on any atom is 0.106 e. The van der Waals surface area contributed by atoms with Gasteiger partial charge in [0.1, 0.15) is 5.82 Å². The van der Waals surface area contributed by atoms with Crippen LogP contribution in [0.3, 0.4) is 0 Å². The van der Waals surface area contributed by atoms with Gasteiger partial charge in [0.15, 0.2) is 0 Å². The second-order valence-corrected chi connectivity index (χ2v) is 4.48. The lowest BCUT2D eigenvalue weighted by Gasteiger charge is -1.87. The highest BCUT2D eigenvalue weighted by atomic mass is 32.1. The number of aromatic nitrogens is 2. The molecule has 2 nitrogen and oxygen atoms in total. The Morgan fingerprint density at radius 2 is 1.87 bits per heavy atom. The third-order valence-corrected chi connectivity index (χ3v) is 3.12. The van der Waals surface area contributed by atoms with Crippen LogP contribution in [0.15, 0.2) is 18.3 Å². The van der Waals surface area contributed by atoms with Crippen molar-refractivity contribution in [3.05, 3.63) is 29.0 Å². The minimum absolute atomic E-state index is 1.06. The van der Waals surface area contributed by atoms with Gasteiger partial charge in [-0.1, -0.05) is 13.8 Å². The molecule has 0 fully saturated rings. The average molecular weight is 222 g/mol. The molecule has 0 aliphatic rings. The molecule has 0 saturated heterocycles. The van der Waals surface area contributed by atoms with E-state index in [0.29, 0.717) is 0 Å². The lowest BCUT2D eigenvalue weighted by atomic mass is 10.4. The molecule has 0 atom stereocenters. The molecule has 0 bridgehead atoms. The van der Waals surface area contributed by atoms with Crippen LogP contribution in [0.2, 0.25) is 0 Å². The number of thiophene rings is 1. The largest absolute Gasteiger partial charge is 0.338 e. The zero-order chi connectivity index (χ0) is 11.4. The Balaban J connectivity index is 0.000000531. The van der Waals surface area contributed by atoms with Crippen molar-refractivity contribution in [2.24, 2.45) is 7.05 Å². The van der Waals surface area contributed by atoms with Crippen molar-refractivity contribution in [2.75, 3.05) is 0 Å². The van der Waals surface area contributed by atoms with Crippen molar-refractivity contribution in [2.45, 2.75) is 27.7 Å². The minimum atomic E-state index is 1.06. The second kappa shape index (κ2) is 5.12. The van der Waals surface area contributed by atoms with Gasteiger partial charge < -0.3 is 4.57 Å². The van der Waals surface area contributed by atoms with Gasteiger partial charge in [0, 0.05) is 18.1 Å². The normalized spacial score (nSPS) is 9.67. The lowest BCUT2D eigenvalue weighted by Crippen LogP contribution is -1.86.